The van der Waals surface area contributed by atoms with Gasteiger partial charge in [-0.1, -0.05) is 37.6 Å². The second-order valence-electron chi connectivity index (χ2n) is 7.22. The molecule has 6 heteroatoms. The number of carbonyl (C=O) groups excluding carboxylic acids is 2. The van der Waals surface area contributed by atoms with Crippen molar-refractivity contribution >= 4 is 11.9 Å². The summed E-state index contributed by atoms with van der Waals surface area (Å²) in [6, 6.07) is 18.4. The van der Waals surface area contributed by atoms with Crippen molar-refractivity contribution in [2.24, 2.45) is 5.92 Å². The van der Waals surface area contributed by atoms with Crippen LogP contribution in [0.3, 0.4) is 0 Å². The van der Waals surface area contributed by atoms with Gasteiger partial charge in [-0.05, 0) is 55.3 Å². The number of rotatable bonds is 7. The number of hydrogen-bond acceptors (Lipinski definition) is 5. The number of pyridine rings is 1. The Hall–Kier alpha value is -3.67. The van der Waals surface area contributed by atoms with Crippen LogP contribution in [0, 0.1) is 12.8 Å². The third-order valence-electron chi connectivity index (χ3n) is 4.42. The fourth-order valence-corrected chi connectivity index (χ4v) is 2.71. The van der Waals surface area contributed by atoms with Crippen molar-refractivity contribution < 1.29 is 19.1 Å². The minimum absolute atomic E-state index is 0.140. The molecule has 0 bridgehead atoms. The SMILES string of the molecule is Cc1ccc(C(=O)NC(C(=O)Oc2ccc(Oc3ccccn3)cc2)C(C)C)cc1. The Balaban J connectivity index is 1.63. The number of ether oxygens (including phenoxy) is 2. The lowest BCUT2D eigenvalue weighted by Gasteiger charge is -2.21. The zero-order chi connectivity index (χ0) is 21.5. The molecule has 3 rings (SSSR count). The highest BCUT2D eigenvalue weighted by Crippen LogP contribution is 2.22. The number of esters is 1. The maximum absolute atomic E-state index is 12.7. The van der Waals surface area contributed by atoms with E-state index in [0.717, 1.165) is 5.56 Å². The predicted octanol–water partition coefficient (Wildman–Crippen LogP) is 4.54. The molecule has 1 aromatic heterocycles. The maximum atomic E-state index is 12.7. The third-order valence-corrected chi connectivity index (χ3v) is 4.42. The molecule has 1 amide bonds. The van der Waals surface area contributed by atoms with Gasteiger partial charge in [0.15, 0.2) is 0 Å². The highest BCUT2D eigenvalue weighted by atomic mass is 16.5. The average Bonchev–Trinajstić information content (AvgIpc) is 2.74. The quantitative estimate of drug-likeness (QED) is 0.462. The number of hydrogen-bond donors (Lipinski definition) is 1. The lowest BCUT2D eigenvalue weighted by Crippen LogP contribution is -2.46. The minimum Gasteiger partial charge on any atom is -0.439 e. The summed E-state index contributed by atoms with van der Waals surface area (Å²) in [5.41, 5.74) is 1.55. The first-order valence-electron chi connectivity index (χ1n) is 9.70. The summed E-state index contributed by atoms with van der Waals surface area (Å²) in [5.74, 6) is 0.429. The van der Waals surface area contributed by atoms with Crippen molar-refractivity contribution in [3.05, 3.63) is 84.1 Å². The van der Waals surface area contributed by atoms with Crippen LogP contribution in [-0.4, -0.2) is 22.9 Å². The Morgan fingerprint density at radius 1 is 0.900 bits per heavy atom. The van der Waals surface area contributed by atoms with Crippen molar-refractivity contribution in [1.82, 2.24) is 10.3 Å². The Labute approximate surface area is 175 Å². The summed E-state index contributed by atoms with van der Waals surface area (Å²) in [4.78, 5) is 29.3. The maximum Gasteiger partial charge on any atom is 0.334 e. The van der Waals surface area contributed by atoms with Crippen LogP contribution in [0.5, 0.6) is 17.4 Å². The highest BCUT2D eigenvalue weighted by Gasteiger charge is 2.26. The van der Waals surface area contributed by atoms with Crippen molar-refractivity contribution in [3.63, 3.8) is 0 Å². The first-order chi connectivity index (χ1) is 14.4. The molecule has 0 aliphatic heterocycles. The fraction of sp³-hybridized carbons (Fsp3) is 0.208. The van der Waals surface area contributed by atoms with E-state index < -0.39 is 12.0 Å². The number of carbonyl (C=O) groups is 2. The Kier molecular flexibility index (Phi) is 6.80. The third kappa shape index (κ3) is 5.67. The zero-order valence-electron chi connectivity index (χ0n) is 17.2. The average molecular weight is 404 g/mol. The number of benzene rings is 2. The molecule has 1 N–H and O–H groups in total. The van der Waals surface area contributed by atoms with Gasteiger partial charge in [-0.2, -0.15) is 0 Å². The van der Waals surface area contributed by atoms with Crippen LogP contribution in [0.4, 0.5) is 0 Å². The summed E-state index contributed by atoms with van der Waals surface area (Å²) in [7, 11) is 0. The first-order valence-corrected chi connectivity index (χ1v) is 9.70. The molecule has 3 aromatic rings. The minimum atomic E-state index is -0.775. The van der Waals surface area contributed by atoms with Gasteiger partial charge in [0.1, 0.15) is 17.5 Å². The van der Waals surface area contributed by atoms with Gasteiger partial charge in [-0.25, -0.2) is 9.78 Å². The van der Waals surface area contributed by atoms with Crippen molar-refractivity contribution in [1.29, 1.82) is 0 Å². The van der Waals surface area contributed by atoms with Crippen molar-refractivity contribution in [2.75, 3.05) is 0 Å². The lowest BCUT2D eigenvalue weighted by atomic mass is 10.0. The molecule has 0 radical (unpaired) electrons. The second-order valence-corrected chi connectivity index (χ2v) is 7.22. The molecule has 1 atom stereocenters. The van der Waals surface area contributed by atoms with E-state index in [0.29, 0.717) is 22.9 Å². The largest absolute Gasteiger partial charge is 0.439 e. The molecular weight excluding hydrogens is 380 g/mol. The first kappa shape index (κ1) is 21.0. The van der Waals surface area contributed by atoms with Crippen LogP contribution < -0.4 is 14.8 Å². The number of nitrogens with one attached hydrogen (secondary N) is 1. The van der Waals surface area contributed by atoms with Crippen LogP contribution >= 0.6 is 0 Å². The van der Waals surface area contributed by atoms with Crippen LogP contribution in [0.15, 0.2) is 72.9 Å². The molecule has 1 unspecified atom stereocenters. The summed E-state index contributed by atoms with van der Waals surface area (Å²) >= 11 is 0. The van der Waals surface area contributed by atoms with Crippen molar-refractivity contribution in [2.45, 2.75) is 26.8 Å². The Morgan fingerprint density at radius 2 is 1.57 bits per heavy atom. The molecule has 2 aromatic carbocycles. The summed E-state index contributed by atoms with van der Waals surface area (Å²) in [5, 5.41) is 2.77. The molecule has 0 fully saturated rings. The van der Waals surface area contributed by atoms with E-state index in [-0.39, 0.29) is 11.8 Å². The van der Waals surface area contributed by atoms with Gasteiger partial charge in [0.2, 0.25) is 5.88 Å². The molecule has 1 heterocycles. The van der Waals surface area contributed by atoms with E-state index in [1.807, 2.05) is 39.0 Å². The zero-order valence-corrected chi connectivity index (χ0v) is 17.2. The Bertz CT molecular complexity index is 984. The van der Waals surface area contributed by atoms with Gasteiger partial charge in [0.25, 0.3) is 5.91 Å². The van der Waals surface area contributed by atoms with E-state index in [1.165, 1.54) is 0 Å². The highest BCUT2D eigenvalue weighted by molar-refractivity contribution is 5.97. The fourth-order valence-electron chi connectivity index (χ4n) is 2.71. The summed E-state index contributed by atoms with van der Waals surface area (Å²) < 4.78 is 11.1. The van der Waals surface area contributed by atoms with E-state index in [2.05, 4.69) is 10.3 Å². The number of amides is 1. The molecule has 0 aliphatic carbocycles. The van der Waals surface area contributed by atoms with E-state index in [9.17, 15) is 9.59 Å². The van der Waals surface area contributed by atoms with Gasteiger partial charge in [-0.15, -0.1) is 0 Å². The van der Waals surface area contributed by atoms with Gasteiger partial charge in [-0.3, -0.25) is 4.79 Å². The molecule has 0 spiro atoms. The monoisotopic (exact) mass is 404 g/mol. The van der Waals surface area contributed by atoms with Gasteiger partial charge in [0.05, 0.1) is 0 Å². The smallest absolute Gasteiger partial charge is 0.334 e. The second kappa shape index (κ2) is 9.69. The predicted molar refractivity (Wildman–Crippen MR) is 114 cm³/mol. The van der Waals surface area contributed by atoms with Crippen LogP contribution in [0.2, 0.25) is 0 Å². The number of nitrogens with zero attached hydrogens (tertiary/aromatic N) is 1. The number of aromatic nitrogens is 1. The lowest BCUT2D eigenvalue weighted by molar-refractivity contribution is -0.137. The van der Waals surface area contributed by atoms with Crippen LogP contribution in [0.1, 0.15) is 29.8 Å². The van der Waals surface area contributed by atoms with E-state index >= 15 is 0 Å². The topological polar surface area (TPSA) is 77.5 Å². The molecule has 0 saturated heterocycles. The molecule has 154 valence electrons. The number of aryl methyl sites for hydroxylation is 1. The van der Waals surface area contributed by atoms with Gasteiger partial charge < -0.3 is 14.8 Å². The molecule has 30 heavy (non-hydrogen) atoms. The van der Waals surface area contributed by atoms with Crippen molar-refractivity contribution in [3.8, 4) is 17.4 Å². The van der Waals surface area contributed by atoms with Gasteiger partial charge >= 0.3 is 5.97 Å². The van der Waals surface area contributed by atoms with E-state index in [1.54, 1.807) is 54.7 Å². The van der Waals surface area contributed by atoms with E-state index in [4.69, 9.17) is 9.47 Å². The van der Waals surface area contributed by atoms with Gasteiger partial charge in [0, 0.05) is 17.8 Å². The molecule has 0 saturated carbocycles. The Morgan fingerprint density at radius 3 is 2.17 bits per heavy atom. The summed E-state index contributed by atoms with van der Waals surface area (Å²) in [6.45, 7) is 5.65. The molecule has 6 nitrogen and oxygen atoms in total. The molecule has 0 aliphatic rings. The van der Waals surface area contributed by atoms with Crippen LogP contribution in [0.25, 0.3) is 0 Å². The normalized spacial score (nSPS) is 11.6. The summed E-state index contributed by atoms with van der Waals surface area (Å²) in [6.07, 6.45) is 1.64. The standard InChI is InChI=1S/C24H24N2O4/c1-16(2)22(26-23(27)18-9-7-17(3)8-10-18)24(28)30-20-13-11-19(12-14-20)29-21-6-4-5-15-25-21/h4-16,22H,1-3H3,(H,26,27). The van der Waals surface area contributed by atoms with Crippen LogP contribution in [-0.2, 0) is 4.79 Å². The molecular formula is C24H24N2O4.